The van der Waals surface area contributed by atoms with Crippen molar-refractivity contribution < 1.29 is 23.7 Å². The molecule has 0 fully saturated rings. The van der Waals surface area contributed by atoms with Crippen molar-refractivity contribution in [2.75, 3.05) is 33.3 Å². The summed E-state index contributed by atoms with van der Waals surface area (Å²) in [4.78, 5) is 12.7. The Labute approximate surface area is 141 Å². The lowest BCUT2D eigenvalue weighted by Gasteiger charge is -2.16. The molecule has 128 valence electrons. The van der Waals surface area contributed by atoms with E-state index in [1.807, 2.05) is 19.1 Å². The number of anilines is 1. The first-order valence-electron chi connectivity index (χ1n) is 7.48. The van der Waals surface area contributed by atoms with Crippen LogP contribution in [0.3, 0.4) is 0 Å². The first kappa shape index (κ1) is 17.5. The predicted molar refractivity (Wildman–Crippen MR) is 91.7 cm³/mol. The van der Waals surface area contributed by atoms with Gasteiger partial charge < -0.3 is 24.3 Å². The number of carbonyl (C=O) groups excluding carboxylic acids is 1. The highest BCUT2D eigenvalue weighted by molar-refractivity contribution is 6.07. The van der Waals surface area contributed by atoms with Crippen LogP contribution in [0.2, 0.25) is 0 Å². The molecule has 0 radical (unpaired) electrons. The monoisotopic (exact) mass is 331 g/mol. The zero-order valence-corrected chi connectivity index (χ0v) is 14.2. The third-order valence-corrected chi connectivity index (χ3v) is 3.38. The zero-order chi connectivity index (χ0) is 17.5. The van der Waals surface area contributed by atoms with Gasteiger partial charge in [0.05, 0.1) is 39.2 Å². The Kier molecular flexibility index (Phi) is 5.89. The molecule has 0 spiro atoms. The summed E-state index contributed by atoms with van der Waals surface area (Å²) in [7, 11) is 4.49. The van der Waals surface area contributed by atoms with Crippen LogP contribution in [-0.4, -0.2) is 33.8 Å². The second-order valence-corrected chi connectivity index (χ2v) is 4.77. The smallest absolute Gasteiger partial charge is 0.259 e. The number of methoxy groups -OCH3 is 3. The first-order chi connectivity index (χ1) is 11.7. The number of para-hydroxylation sites is 2. The quantitative estimate of drug-likeness (QED) is 0.843. The molecular weight excluding hydrogens is 310 g/mol. The van der Waals surface area contributed by atoms with E-state index >= 15 is 0 Å². The van der Waals surface area contributed by atoms with Gasteiger partial charge in [0.1, 0.15) is 5.75 Å². The Morgan fingerprint density at radius 3 is 2.25 bits per heavy atom. The number of nitrogens with one attached hydrogen (secondary N) is 1. The first-order valence-corrected chi connectivity index (χ1v) is 7.48. The van der Waals surface area contributed by atoms with Gasteiger partial charge >= 0.3 is 0 Å². The van der Waals surface area contributed by atoms with Crippen LogP contribution in [0.4, 0.5) is 5.69 Å². The molecule has 0 bridgehead atoms. The van der Waals surface area contributed by atoms with Gasteiger partial charge in [-0.25, -0.2) is 0 Å². The van der Waals surface area contributed by atoms with Gasteiger partial charge in [-0.2, -0.15) is 0 Å². The minimum absolute atomic E-state index is 0.309. The third-order valence-electron chi connectivity index (χ3n) is 3.38. The minimum atomic E-state index is -0.333. The molecule has 0 aliphatic carbocycles. The van der Waals surface area contributed by atoms with E-state index in [1.165, 1.54) is 21.3 Å². The van der Waals surface area contributed by atoms with Gasteiger partial charge in [0, 0.05) is 0 Å². The SMILES string of the molecule is CCOc1ccccc1NC(=O)c1ccc(OC)c(OC)c1OC. The Bertz CT molecular complexity index is 715. The number of carbonyl (C=O) groups is 1. The van der Waals surface area contributed by atoms with E-state index in [0.29, 0.717) is 40.9 Å². The van der Waals surface area contributed by atoms with Gasteiger partial charge in [-0.05, 0) is 31.2 Å². The highest BCUT2D eigenvalue weighted by Gasteiger charge is 2.21. The van der Waals surface area contributed by atoms with Crippen molar-refractivity contribution in [3.05, 3.63) is 42.0 Å². The molecule has 6 nitrogen and oxygen atoms in total. The largest absolute Gasteiger partial charge is 0.493 e. The van der Waals surface area contributed by atoms with Gasteiger partial charge in [-0.3, -0.25) is 4.79 Å². The maximum atomic E-state index is 12.7. The molecule has 1 amide bonds. The average molecular weight is 331 g/mol. The Hall–Kier alpha value is -2.89. The zero-order valence-electron chi connectivity index (χ0n) is 14.2. The van der Waals surface area contributed by atoms with Crippen LogP contribution in [-0.2, 0) is 0 Å². The lowest BCUT2D eigenvalue weighted by Crippen LogP contribution is -2.14. The molecule has 6 heteroatoms. The van der Waals surface area contributed by atoms with Crippen molar-refractivity contribution in [3.8, 4) is 23.0 Å². The van der Waals surface area contributed by atoms with Gasteiger partial charge in [0.2, 0.25) is 5.75 Å². The summed E-state index contributed by atoms with van der Waals surface area (Å²) in [5, 5.41) is 2.83. The fourth-order valence-corrected chi connectivity index (χ4v) is 2.32. The Morgan fingerprint density at radius 1 is 0.917 bits per heavy atom. The molecule has 0 atom stereocenters. The van der Waals surface area contributed by atoms with Crippen LogP contribution in [0.15, 0.2) is 36.4 Å². The molecule has 24 heavy (non-hydrogen) atoms. The summed E-state index contributed by atoms with van der Waals surface area (Å²) in [6.07, 6.45) is 0. The summed E-state index contributed by atoms with van der Waals surface area (Å²) < 4.78 is 21.4. The van der Waals surface area contributed by atoms with E-state index in [2.05, 4.69) is 5.32 Å². The van der Waals surface area contributed by atoms with Crippen LogP contribution in [0.5, 0.6) is 23.0 Å². The van der Waals surface area contributed by atoms with Crippen LogP contribution in [0.25, 0.3) is 0 Å². The van der Waals surface area contributed by atoms with E-state index in [4.69, 9.17) is 18.9 Å². The molecule has 0 unspecified atom stereocenters. The van der Waals surface area contributed by atoms with Crippen LogP contribution < -0.4 is 24.3 Å². The van der Waals surface area contributed by atoms with Gasteiger partial charge in [0.25, 0.3) is 5.91 Å². The average Bonchev–Trinajstić information content (AvgIpc) is 2.61. The Balaban J connectivity index is 2.37. The van der Waals surface area contributed by atoms with Crippen molar-refractivity contribution >= 4 is 11.6 Å². The number of hydrogen-bond donors (Lipinski definition) is 1. The minimum Gasteiger partial charge on any atom is -0.493 e. The van der Waals surface area contributed by atoms with E-state index in [1.54, 1.807) is 24.3 Å². The van der Waals surface area contributed by atoms with Crippen molar-refractivity contribution in [3.63, 3.8) is 0 Å². The highest BCUT2D eigenvalue weighted by atomic mass is 16.5. The lowest BCUT2D eigenvalue weighted by molar-refractivity contribution is 0.102. The molecule has 2 aromatic rings. The fourth-order valence-electron chi connectivity index (χ4n) is 2.32. The van der Waals surface area contributed by atoms with Crippen molar-refractivity contribution in [1.29, 1.82) is 0 Å². The van der Waals surface area contributed by atoms with Gasteiger partial charge in [-0.1, -0.05) is 12.1 Å². The van der Waals surface area contributed by atoms with E-state index < -0.39 is 0 Å². The molecule has 1 N–H and O–H groups in total. The fraction of sp³-hybridized carbons (Fsp3) is 0.278. The molecule has 0 heterocycles. The molecule has 2 rings (SSSR count). The second kappa shape index (κ2) is 8.10. The summed E-state index contributed by atoms with van der Waals surface area (Å²) in [6.45, 7) is 2.39. The highest BCUT2D eigenvalue weighted by Crippen LogP contribution is 2.40. The predicted octanol–water partition coefficient (Wildman–Crippen LogP) is 3.36. The summed E-state index contributed by atoms with van der Waals surface area (Å²) in [5.41, 5.74) is 0.919. The summed E-state index contributed by atoms with van der Waals surface area (Å²) in [5.74, 6) is 1.43. The summed E-state index contributed by atoms with van der Waals surface area (Å²) >= 11 is 0. The molecule has 0 aliphatic rings. The van der Waals surface area contributed by atoms with Gasteiger partial charge in [0.15, 0.2) is 11.5 Å². The third kappa shape index (κ3) is 3.53. The van der Waals surface area contributed by atoms with Crippen molar-refractivity contribution in [2.24, 2.45) is 0 Å². The van der Waals surface area contributed by atoms with Crippen LogP contribution in [0.1, 0.15) is 17.3 Å². The van der Waals surface area contributed by atoms with Crippen LogP contribution in [0, 0.1) is 0 Å². The van der Waals surface area contributed by atoms with E-state index in [0.717, 1.165) is 0 Å². The molecule has 0 saturated heterocycles. The van der Waals surface area contributed by atoms with E-state index in [-0.39, 0.29) is 5.91 Å². The molecule has 0 saturated carbocycles. The standard InChI is InChI=1S/C18H21NO5/c1-5-24-14-9-7-6-8-13(14)19-18(20)12-10-11-15(21-2)17(23-4)16(12)22-3/h6-11H,5H2,1-4H3,(H,19,20). The Morgan fingerprint density at radius 2 is 1.62 bits per heavy atom. The maximum absolute atomic E-state index is 12.7. The normalized spacial score (nSPS) is 10.0. The molecule has 2 aromatic carbocycles. The topological polar surface area (TPSA) is 66.0 Å². The number of ether oxygens (including phenoxy) is 4. The van der Waals surface area contributed by atoms with Crippen molar-refractivity contribution in [2.45, 2.75) is 6.92 Å². The number of benzene rings is 2. The molecular formula is C18H21NO5. The number of amides is 1. The summed E-state index contributed by atoms with van der Waals surface area (Å²) in [6, 6.07) is 10.5. The number of rotatable bonds is 7. The number of hydrogen-bond acceptors (Lipinski definition) is 5. The molecule has 0 aliphatic heterocycles. The maximum Gasteiger partial charge on any atom is 0.259 e. The lowest BCUT2D eigenvalue weighted by atomic mass is 10.1. The van der Waals surface area contributed by atoms with E-state index in [9.17, 15) is 4.79 Å². The molecule has 0 aromatic heterocycles. The van der Waals surface area contributed by atoms with Gasteiger partial charge in [-0.15, -0.1) is 0 Å². The van der Waals surface area contributed by atoms with Crippen LogP contribution >= 0.6 is 0 Å². The second-order valence-electron chi connectivity index (χ2n) is 4.77. The van der Waals surface area contributed by atoms with Crippen molar-refractivity contribution in [1.82, 2.24) is 0 Å².